The Bertz CT molecular complexity index is 1590. The molecule has 0 atom stereocenters. The maximum atomic E-state index is 12.3. The molecule has 5 rings (SSSR count). The summed E-state index contributed by atoms with van der Waals surface area (Å²) in [7, 11) is 0. The summed E-state index contributed by atoms with van der Waals surface area (Å²) < 4.78 is 7.57. The lowest BCUT2D eigenvalue weighted by Gasteiger charge is -2.19. The first-order chi connectivity index (χ1) is 16.8. The van der Waals surface area contributed by atoms with Crippen LogP contribution in [0.5, 0.6) is 0 Å². The molecule has 3 aromatic carbocycles. The summed E-state index contributed by atoms with van der Waals surface area (Å²) in [5, 5.41) is 12.9. The van der Waals surface area contributed by atoms with Gasteiger partial charge in [0.2, 0.25) is 0 Å². The molecule has 0 aliphatic rings. The van der Waals surface area contributed by atoms with Crippen molar-refractivity contribution in [1.29, 1.82) is 0 Å². The molecule has 5 nitrogen and oxygen atoms in total. The standard InChI is InChI=1S/C29H27N3O2S/c1-5-16-32-27(20-10-13-22(14-11-20)29(2,3)4)30-31-28(32)35-18-21-17-25(33)34-24-15-12-19-8-6-7-9-23(19)26(21)24/h5-15,17H,1,16,18H2,2-4H3. The Morgan fingerprint density at radius 3 is 2.54 bits per heavy atom. The van der Waals surface area contributed by atoms with Gasteiger partial charge in [0.1, 0.15) is 5.58 Å². The third kappa shape index (κ3) is 4.54. The van der Waals surface area contributed by atoms with Crippen LogP contribution in [0.15, 0.2) is 93.8 Å². The maximum Gasteiger partial charge on any atom is 0.336 e. The summed E-state index contributed by atoms with van der Waals surface area (Å²) in [6.07, 6.45) is 1.85. The molecule has 0 N–H and O–H groups in total. The lowest BCUT2D eigenvalue weighted by molar-refractivity contribution is 0.560. The van der Waals surface area contributed by atoms with Gasteiger partial charge in [0.05, 0.1) is 0 Å². The van der Waals surface area contributed by atoms with Crippen LogP contribution in [0.25, 0.3) is 33.1 Å². The first-order valence-corrected chi connectivity index (χ1v) is 12.6. The van der Waals surface area contributed by atoms with Crippen molar-refractivity contribution in [3.8, 4) is 11.4 Å². The third-order valence-electron chi connectivity index (χ3n) is 6.11. The molecule has 0 aliphatic carbocycles. The van der Waals surface area contributed by atoms with Crippen molar-refractivity contribution in [2.24, 2.45) is 0 Å². The summed E-state index contributed by atoms with van der Waals surface area (Å²) in [4.78, 5) is 12.3. The Morgan fingerprint density at radius 1 is 1.03 bits per heavy atom. The van der Waals surface area contributed by atoms with E-state index in [1.54, 1.807) is 17.8 Å². The van der Waals surface area contributed by atoms with E-state index in [2.05, 4.69) is 78.5 Å². The highest BCUT2D eigenvalue weighted by atomic mass is 32.2. The van der Waals surface area contributed by atoms with Crippen molar-refractivity contribution in [3.05, 3.63) is 101 Å². The molecule has 0 bridgehead atoms. The summed E-state index contributed by atoms with van der Waals surface area (Å²) in [6.45, 7) is 11.1. The van der Waals surface area contributed by atoms with Crippen molar-refractivity contribution in [2.75, 3.05) is 0 Å². The number of benzene rings is 3. The highest BCUT2D eigenvalue weighted by molar-refractivity contribution is 7.98. The molecule has 6 heteroatoms. The van der Waals surface area contributed by atoms with Crippen molar-refractivity contribution in [1.82, 2.24) is 14.8 Å². The average molecular weight is 482 g/mol. The fourth-order valence-electron chi connectivity index (χ4n) is 4.30. The molecular formula is C29H27N3O2S. The van der Waals surface area contributed by atoms with Gasteiger partial charge in [-0.3, -0.25) is 4.57 Å². The maximum absolute atomic E-state index is 12.3. The molecule has 5 aromatic rings. The number of hydrogen-bond donors (Lipinski definition) is 0. The number of aromatic nitrogens is 3. The van der Waals surface area contributed by atoms with Crippen LogP contribution in [-0.2, 0) is 17.7 Å². The van der Waals surface area contributed by atoms with Crippen LogP contribution in [0.1, 0.15) is 31.9 Å². The molecule has 0 aliphatic heterocycles. The van der Waals surface area contributed by atoms with Crippen LogP contribution in [0.2, 0.25) is 0 Å². The lowest BCUT2D eigenvalue weighted by atomic mass is 9.87. The predicted octanol–water partition coefficient (Wildman–Crippen LogP) is 6.98. The van der Waals surface area contributed by atoms with Gasteiger partial charge in [-0.2, -0.15) is 0 Å². The Hall–Kier alpha value is -3.64. The van der Waals surface area contributed by atoms with Crippen LogP contribution in [-0.4, -0.2) is 14.8 Å². The second kappa shape index (κ2) is 9.19. The molecule has 35 heavy (non-hydrogen) atoms. The number of thioether (sulfide) groups is 1. The van der Waals surface area contributed by atoms with E-state index in [0.29, 0.717) is 17.9 Å². The average Bonchev–Trinajstić information content (AvgIpc) is 3.24. The van der Waals surface area contributed by atoms with Gasteiger partial charge in [-0.25, -0.2) is 4.79 Å². The fraction of sp³-hybridized carbons (Fsp3) is 0.207. The second-order valence-corrected chi connectivity index (χ2v) is 10.5. The molecule has 0 spiro atoms. The Labute approximate surface area is 208 Å². The first-order valence-electron chi connectivity index (χ1n) is 11.6. The predicted molar refractivity (Wildman–Crippen MR) is 144 cm³/mol. The number of rotatable bonds is 6. The molecule has 176 valence electrons. The summed E-state index contributed by atoms with van der Waals surface area (Å²) in [5.74, 6) is 1.37. The van der Waals surface area contributed by atoms with E-state index in [9.17, 15) is 4.79 Å². The smallest absolute Gasteiger partial charge is 0.336 e. The van der Waals surface area contributed by atoms with Crippen LogP contribution in [0.3, 0.4) is 0 Å². The van der Waals surface area contributed by atoms with E-state index in [0.717, 1.165) is 38.3 Å². The van der Waals surface area contributed by atoms with Gasteiger partial charge in [-0.05, 0) is 33.4 Å². The summed E-state index contributed by atoms with van der Waals surface area (Å²) >= 11 is 1.56. The van der Waals surface area contributed by atoms with Crippen molar-refractivity contribution in [2.45, 2.75) is 43.6 Å². The van der Waals surface area contributed by atoms with E-state index in [1.165, 1.54) is 5.56 Å². The van der Waals surface area contributed by atoms with Gasteiger partial charge < -0.3 is 4.42 Å². The van der Waals surface area contributed by atoms with Crippen molar-refractivity contribution >= 4 is 33.5 Å². The minimum atomic E-state index is -0.351. The highest BCUT2D eigenvalue weighted by Gasteiger charge is 2.18. The van der Waals surface area contributed by atoms with Crippen molar-refractivity contribution < 1.29 is 4.42 Å². The highest BCUT2D eigenvalue weighted by Crippen LogP contribution is 2.33. The second-order valence-electron chi connectivity index (χ2n) is 9.57. The van der Waals surface area contributed by atoms with E-state index in [4.69, 9.17) is 4.42 Å². The van der Waals surface area contributed by atoms with Gasteiger partial charge in [0.25, 0.3) is 0 Å². The monoisotopic (exact) mass is 481 g/mol. The molecule has 0 saturated heterocycles. The van der Waals surface area contributed by atoms with E-state index < -0.39 is 0 Å². The molecule has 0 radical (unpaired) electrons. The molecule has 0 unspecified atom stereocenters. The lowest BCUT2D eigenvalue weighted by Crippen LogP contribution is -2.10. The van der Waals surface area contributed by atoms with Gasteiger partial charge >= 0.3 is 5.63 Å². The number of allylic oxidation sites excluding steroid dienone is 1. The zero-order valence-corrected chi connectivity index (χ0v) is 20.9. The first kappa shape index (κ1) is 23.1. The SMILES string of the molecule is C=CCn1c(SCc2cc(=O)oc3ccc4ccccc4c23)nnc1-c1ccc(C(C)(C)C)cc1. The van der Waals surface area contributed by atoms with Crippen LogP contribution >= 0.6 is 11.8 Å². The topological polar surface area (TPSA) is 60.9 Å². The Kier molecular flexibility index (Phi) is 6.07. The van der Waals surface area contributed by atoms with Crippen LogP contribution < -0.4 is 5.63 Å². The van der Waals surface area contributed by atoms with E-state index in [-0.39, 0.29) is 11.0 Å². The quantitative estimate of drug-likeness (QED) is 0.113. The molecular weight excluding hydrogens is 454 g/mol. The molecule has 2 heterocycles. The molecule has 0 saturated carbocycles. The minimum absolute atomic E-state index is 0.0870. The van der Waals surface area contributed by atoms with Gasteiger partial charge in [0.15, 0.2) is 11.0 Å². The van der Waals surface area contributed by atoms with Crippen molar-refractivity contribution in [3.63, 3.8) is 0 Å². The molecule has 2 aromatic heterocycles. The van der Waals surface area contributed by atoms with Gasteiger partial charge in [-0.15, -0.1) is 16.8 Å². The van der Waals surface area contributed by atoms with E-state index >= 15 is 0 Å². The third-order valence-corrected chi connectivity index (χ3v) is 7.12. The zero-order chi connectivity index (χ0) is 24.6. The normalized spacial score (nSPS) is 11.9. The number of fused-ring (bicyclic) bond motifs is 3. The van der Waals surface area contributed by atoms with Gasteiger partial charge in [-0.1, -0.05) is 93.2 Å². The largest absolute Gasteiger partial charge is 0.423 e. The Morgan fingerprint density at radius 2 is 1.80 bits per heavy atom. The zero-order valence-electron chi connectivity index (χ0n) is 20.1. The molecule has 0 fully saturated rings. The summed E-state index contributed by atoms with van der Waals surface area (Å²) in [6, 6.07) is 22.1. The van der Waals surface area contributed by atoms with E-state index in [1.807, 2.05) is 30.3 Å². The Balaban J connectivity index is 1.51. The fourth-order valence-corrected chi connectivity index (χ4v) is 5.23. The van der Waals surface area contributed by atoms with Gasteiger partial charge in [0, 0.05) is 29.3 Å². The summed E-state index contributed by atoms with van der Waals surface area (Å²) in [5.41, 5.74) is 3.53. The molecule has 0 amide bonds. The number of hydrogen-bond acceptors (Lipinski definition) is 5. The van der Waals surface area contributed by atoms with Crippen LogP contribution in [0.4, 0.5) is 0 Å². The minimum Gasteiger partial charge on any atom is -0.423 e. The number of nitrogens with zero attached hydrogens (tertiary/aromatic N) is 3. The van der Waals surface area contributed by atoms with Crippen LogP contribution in [0, 0.1) is 0 Å².